The molecule has 0 spiro atoms. The molecule has 0 aliphatic rings. The Morgan fingerprint density at radius 3 is 2.81 bits per heavy atom. The zero-order chi connectivity index (χ0) is 11.5. The summed E-state index contributed by atoms with van der Waals surface area (Å²) in [6.07, 6.45) is 0.835. The molecule has 0 saturated heterocycles. The largest absolute Gasteiger partial charge is 0.323 e. The molecule has 1 aromatic heterocycles. The van der Waals surface area contributed by atoms with Crippen LogP contribution < -0.4 is 5.73 Å². The minimum atomic E-state index is 0.0680. The van der Waals surface area contributed by atoms with E-state index < -0.39 is 0 Å². The second kappa shape index (κ2) is 5.00. The van der Waals surface area contributed by atoms with Crippen LogP contribution in [0.3, 0.4) is 0 Å². The zero-order valence-corrected chi connectivity index (χ0v) is 10.7. The average molecular weight is 252 g/mol. The summed E-state index contributed by atoms with van der Waals surface area (Å²) >= 11 is 7.67. The Morgan fingerprint density at radius 2 is 2.19 bits per heavy atom. The summed E-state index contributed by atoms with van der Waals surface area (Å²) in [6, 6.07) is 10.1. The Balaban J connectivity index is 2.14. The van der Waals surface area contributed by atoms with Crippen molar-refractivity contribution in [3.8, 4) is 0 Å². The third-order valence-corrected chi connectivity index (χ3v) is 3.97. The summed E-state index contributed by atoms with van der Waals surface area (Å²) in [5, 5.41) is 2.86. The van der Waals surface area contributed by atoms with E-state index in [1.807, 2.05) is 18.2 Å². The molecule has 84 valence electrons. The van der Waals surface area contributed by atoms with E-state index in [-0.39, 0.29) is 6.04 Å². The van der Waals surface area contributed by atoms with Gasteiger partial charge in [0.1, 0.15) is 0 Å². The Hall–Kier alpha value is -0.830. The van der Waals surface area contributed by atoms with Gasteiger partial charge in [-0.05, 0) is 48.1 Å². The quantitative estimate of drug-likeness (QED) is 0.878. The van der Waals surface area contributed by atoms with Crippen LogP contribution in [0, 0.1) is 6.92 Å². The molecule has 1 unspecified atom stereocenters. The lowest BCUT2D eigenvalue weighted by Gasteiger charge is -2.11. The maximum atomic E-state index is 6.19. The van der Waals surface area contributed by atoms with E-state index in [9.17, 15) is 0 Å². The van der Waals surface area contributed by atoms with Crippen molar-refractivity contribution in [3.05, 3.63) is 56.7 Å². The Bertz CT molecular complexity index is 478. The lowest BCUT2D eigenvalue weighted by atomic mass is 10.0. The van der Waals surface area contributed by atoms with Crippen LogP contribution in [0.5, 0.6) is 0 Å². The fraction of sp³-hybridized carbons (Fsp3) is 0.231. The molecule has 0 amide bonds. The van der Waals surface area contributed by atoms with Gasteiger partial charge >= 0.3 is 0 Å². The van der Waals surface area contributed by atoms with Gasteiger partial charge in [-0.2, -0.15) is 0 Å². The van der Waals surface area contributed by atoms with Gasteiger partial charge in [0, 0.05) is 15.9 Å². The number of halogens is 1. The maximum absolute atomic E-state index is 6.19. The SMILES string of the molecule is Cc1ccsc1C(N)Cc1cccc(Cl)c1. The van der Waals surface area contributed by atoms with Crippen molar-refractivity contribution < 1.29 is 0 Å². The van der Waals surface area contributed by atoms with Gasteiger partial charge in [-0.3, -0.25) is 0 Å². The number of hydrogen-bond donors (Lipinski definition) is 1. The van der Waals surface area contributed by atoms with Crippen LogP contribution in [-0.2, 0) is 6.42 Å². The molecule has 0 radical (unpaired) electrons. The van der Waals surface area contributed by atoms with E-state index in [0.29, 0.717) is 0 Å². The number of aryl methyl sites for hydroxylation is 1. The standard InChI is InChI=1S/C13H14ClNS/c1-9-5-6-16-13(9)12(15)8-10-3-2-4-11(14)7-10/h2-7,12H,8,15H2,1H3. The van der Waals surface area contributed by atoms with Crippen LogP contribution in [0.2, 0.25) is 5.02 Å². The van der Waals surface area contributed by atoms with Gasteiger partial charge in [0.25, 0.3) is 0 Å². The van der Waals surface area contributed by atoms with Crippen LogP contribution >= 0.6 is 22.9 Å². The van der Waals surface area contributed by atoms with E-state index in [0.717, 1.165) is 11.4 Å². The second-order valence-electron chi connectivity index (χ2n) is 3.91. The van der Waals surface area contributed by atoms with Gasteiger partial charge in [-0.25, -0.2) is 0 Å². The summed E-state index contributed by atoms with van der Waals surface area (Å²) in [7, 11) is 0. The summed E-state index contributed by atoms with van der Waals surface area (Å²) in [5.74, 6) is 0. The third kappa shape index (κ3) is 2.64. The molecule has 1 atom stereocenters. The fourth-order valence-corrected chi connectivity index (χ4v) is 2.92. The molecule has 1 nitrogen and oxygen atoms in total. The summed E-state index contributed by atoms with van der Waals surface area (Å²) in [5.41, 5.74) is 8.65. The molecule has 2 aromatic rings. The van der Waals surface area contributed by atoms with Crippen LogP contribution in [0.25, 0.3) is 0 Å². The average Bonchev–Trinajstić information content (AvgIpc) is 2.64. The molecular formula is C13H14ClNS. The molecule has 1 aromatic carbocycles. The Morgan fingerprint density at radius 1 is 1.38 bits per heavy atom. The summed E-state index contributed by atoms with van der Waals surface area (Å²) in [6.45, 7) is 2.10. The first kappa shape index (κ1) is 11.6. The fourth-order valence-electron chi connectivity index (χ4n) is 1.77. The highest BCUT2D eigenvalue weighted by molar-refractivity contribution is 7.10. The van der Waals surface area contributed by atoms with Crippen LogP contribution in [0.1, 0.15) is 22.0 Å². The van der Waals surface area contributed by atoms with Gasteiger partial charge in [0.15, 0.2) is 0 Å². The molecule has 3 heteroatoms. The van der Waals surface area contributed by atoms with Crippen molar-refractivity contribution in [2.24, 2.45) is 5.73 Å². The molecule has 1 heterocycles. The van der Waals surface area contributed by atoms with Crippen molar-refractivity contribution in [1.82, 2.24) is 0 Å². The third-order valence-electron chi connectivity index (χ3n) is 2.58. The molecular weight excluding hydrogens is 238 g/mol. The Kier molecular flexibility index (Phi) is 3.64. The first-order valence-corrected chi connectivity index (χ1v) is 6.46. The second-order valence-corrected chi connectivity index (χ2v) is 5.29. The number of hydrogen-bond acceptors (Lipinski definition) is 2. The van der Waals surface area contributed by atoms with Gasteiger partial charge < -0.3 is 5.73 Å². The van der Waals surface area contributed by atoms with E-state index in [2.05, 4.69) is 24.4 Å². The molecule has 0 aliphatic heterocycles. The Labute approximate surface area is 105 Å². The van der Waals surface area contributed by atoms with Gasteiger partial charge in [0.05, 0.1) is 0 Å². The maximum Gasteiger partial charge on any atom is 0.0433 e. The first-order chi connectivity index (χ1) is 7.66. The first-order valence-electron chi connectivity index (χ1n) is 5.21. The minimum absolute atomic E-state index is 0.0680. The summed E-state index contributed by atoms with van der Waals surface area (Å²) in [4.78, 5) is 1.26. The molecule has 0 fully saturated rings. The van der Waals surface area contributed by atoms with Crippen LogP contribution in [0.4, 0.5) is 0 Å². The van der Waals surface area contributed by atoms with Crippen molar-refractivity contribution in [1.29, 1.82) is 0 Å². The highest BCUT2D eigenvalue weighted by Gasteiger charge is 2.11. The predicted octanol–water partition coefficient (Wildman–Crippen LogP) is 3.95. The van der Waals surface area contributed by atoms with E-state index in [1.54, 1.807) is 11.3 Å². The number of nitrogens with two attached hydrogens (primary N) is 1. The minimum Gasteiger partial charge on any atom is -0.323 e. The van der Waals surface area contributed by atoms with Crippen LogP contribution in [-0.4, -0.2) is 0 Å². The lowest BCUT2D eigenvalue weighted by molar-refractivity contribution is 0.732. The monoisotopic (exact) mass is 251 g/mol. The number of thiophene rings is 1. The number of rotatable bonds is 3. The molecule has 0 bridgehead atoms. The van der Waals surface area contributed by atoms with Crippen molar-refractivity contribution >= 4 is 22.9 Å². The normalized spacial score (nSPS) is 12.7. The molecule has 2 N–H and O–H groups in total. The smallest absolute Gasteiger partial charge is 0.0433 e. The van der Waals surface area contributed by atoms with E-state index in [1.165, 1.54) is 16.0 Å². The predicted molar refractivity (Wildman–Crippen MR) is 71.1 cm³/mol. The van der Waals surface area contributed by atoms with Crippen LogP contribution in [0.15, 0.2) is 35.7 Å². The highest BCUT2D eigenvalue weighted by Crippen LogP contribution is 2.25. The molecule has 0 aliphatic carbocycles. The van der Waals surface area contributed by atoms with E-state index in [4.69, 9.17) is 17.3 Å². The number of benzene rings is 1. The topological polar surface area (TPSA) is 26.0 Å². The molecule has 16 heavy (non-hydrogen) atoms. The highest BCUT2D eigenvalue weighted by atomic mass is 35.5. The van der Waals surface area contributed by atoms with Crippen molar-refractivity contribution in [2.75, 3.05) is 0 Å². The summed E-state index contributed by atoms with van der Waals surface area (Å²) < 4.78 is 0. The zero-order valence-electron chi connectivity index (χ0n) is 9.11. The molecule has 2 rings (SSSR count). The van der Waals surface area contributed by atoms with Crippen molar-refractivity contribution in [2.45, 2.75) is 19.4 Å². The van der Waals surface area contributed by atoms with Gasteiger partial charge in [-0.15, -0.1) is 11.3 Å². The lowest BCUT2D eigenvalue weighted by Crippen LogP contribution is -2.12. The van der Waals surface area contributed by atoms with Crippen molar-refractivity contribution in [3.63, 3.8) is 0 Å². The van der Waals surface area contributed by atoms with E-state index >= 15 is 0 Å². The molecule has 0 saturated carbocycles. The van der Waals surface area contributed by atoms with Gasteiger partial charge in [0.2, 0.25) is 0 Å². The van der Waals surface area contributed by atoms with Gasteiger partial charge in [-0.1, -0.05) is 23.7 Å².